The Kier molecular flexibility index (Phi) is 5.51. The molecular weight excluding hydrogens is 246 g/mol. The van der Waals surface area contributed by atoms with Gasteiger partial charge in [0.15, 0.2) is 0 Å². The van der Waals surface area contributed by atoms with E-state index in [2.05, 4.69) is 33.0 Å². The Balaban J connectivity index is 2.55. The molecule has 0 radical (unpaired) electrons. The third-order valence-corrected chi connectivity index (χ3v) is 5.56. The molecule has 0 aromatic carbocycles. The minimum absolute atomic E-state index is 0.0694. The van der Waals surface area contributed by atoms with Crippen LogP contribution in [0.15, 0.2) is 0 Å². The highest BCUT2D eigenvalue weighted by molar-refractivity contribution is 6.18. The zero-order chi connectivity index (χ0) is 13.8. The molecular formula is C15H28ClNO. The fourth-order valence-corrected chi connectivity index (χ4v) is 3.42. The zero-order valence-electron chi connectivity index (χ0n) is 12.3. The summed E-state index contributed by atoms with van der Waals surface area (Å²) < 4.78 is 0. The molecule has 1 unspecified atom stereocenters. The number of nitrogens with one attached hydrogen (secondary N) is 1. The van der Waals surface area contributed by atoms with Crippen LogP contribution in [-0.4, -0.2) is 18.3 Å². The second-order valence-corrected chi connectivity index (χ2v) is 6.76. The zero-order valence-corrected chi connectivity index (χ0v) is 13.1. The molecule has 0 bridgehead atoms. The maximum absolute atomic E-state index is 12.3. The van der Waals surface area contributed by atoms with E-state index < -0.39 is 0 Å². The Hall–Kier alpha value is -0.240. The van der Waals surface area contributed by atoms with E-state index in [4.69, 9.17) is 11.6 Å². The molecule has 2 nitrogen and oxygen atoms in total. The van der Waals surface area contributed by atoms with E-state index in [0.29, 0.717) is 5.88 Å². The smallest absolute Gasteiger partial charge is 0.223 e. The first-order chi connectivity index (χ1) is 8.40. The molecule has 1 fully saturated rings. The summed E-state index contributed by atoms with van der Waals surface area (Å²) in [4.78, 5) is 12.3. The molecule has 18 heavy (non-hydrogen) atoms. The lowest BCUT2D eigenvalue weighted by Crippen LogP contribution is -2.43. The fourth-order valence-electron chi connectivity index (χ4n) is 2.95. The number of rotatable bonds is 6. The van der Waals surface area contributed by atoms with Crippen LogP contribution in [0.1, 0.15) is 59.8 Å². The molecule has 0 spiro atoms. The summed E-state index contributed by atoms with van der Waals surface area (Å²) in [5.41, 5.74) is 0.228. The molecule has 1 rings (SSSR count). The predicted octanol–water partition coefficient (Wildman–Crippen LogP) is 3.97. The van der Waals surface area contributed by atoms with Gasteiger partial charge in [-0.15, -0.1) is 11.6 Å². The van der Waals surface area contributed by atoms with Crippen molar-refractivity contribution in [3.8, 4) is 0 Å². The number of amides is 1. The van der Waals surface area contributed by atoms with E-state index in [1.165, 1.54) is 6.42 Å². The molecule has 1 atom stereocenters. The van der Waals surface area contributed by atoms with E-state index >= 15 is 0 Å². The Morgan fingerprint density at radius 1 is 1.39 bits per heavy atom. The lowest BCUT2D eigenvalue weighted by molar-refractivity contribution is -0.128. The van der Waals surface area contributed by atoms with E-state index in [1.807, 2.05) is 0 Å². The largest absolute Gasteiger partial charge is 0.355 e. The van der Waals surface area contributed by atoms with Crippen molar-refractivity contribution in [1.82, 2.24) is 5.32 Å². The lowest BCUT2D eigenvalue weighted by atomic mass is 9.80. The summed E-state index contributed by atoms with van der Waals surface area (Å²) in [5.74, 6) is 1.03. The van der Waals surface area contributed by atoms with Gasteiger partial charge in [0.1, 0.15) is 0 Å². The highest BCUT2D eigenvalue weighted by atomic mass is 35.5. The van der Waals surface area contributed by atoms with Crippen molar-refractivity contribution >= 4 is 17.5 Å². The summed E-state index contributed by atoms with van der Waals surface area (Å²) in [6, 6.07) is 0. The molecule has 1 N–H and O–H groups in total. The number of hydrogen-bond donors (Lipinski definition) is 1. The number of carbonyl (C=O) groups is 1. The minimum atomic E-state index is 0.0694. The van der Waals surface area contributed by atoms with E-state index in [0.717, 1.165) is 32.2 Å². The molecule has 1 saturated carbocycles. The van der Waals surface area contributed by atoms with Crippen LogP contribution in [-0.2, 0) is 4.79 Å². The highest BCUT2D eigenvalue weighted by Gasteiger charge is 2.39. The van der Waals surface area contributed by atoms with Gasteiger partial charge in [-0.1, -0.05) is 34.1 Å². The quantitative estimate of drug-likeness (QED) is 0.729. The van der Waals surface area contributed by atoms with Crippen molar-refractivity contribution < 1.29 is 4.79 Å². The van der Waals surface area contributed by atoms with Gasteiger partial charge in [0.05, 0.1) is 0 Å². The summed E-state index contributed by atoms with van der Waals surface area (Å²) in [5, 5.41) is 3.15. The van der Waals surface area contributed by atoms with Gasteiger partial charge in [-0.2, -0.15) is 0 Å². The Morgan fingerprint density at radius 3 is 2.39 bits per heavy atom. The molecule has 1 amide bonds. The first-order valence-electron chi connectivity index (χ1n) is 7.24. The maximum atomic E-state index is 12.3. The molecule has 0 saturated heterocycles. The van der Waals surface area contributed by atoms with Gasteiger partial charge < -0.3 is 5.32 Å². The van der Waals surface area contributed by atoms with Crippen LogP contribution in [0.25, 0.3) is 0 Å². The lowest BCUT2D eigenvalue weighted by Gasteiger charge is -2.32. The van der Waals surface area contributed by atoms with Crippen LogP contribution in [0.5, 0.6) is 0 Å². The van der Waals surface area contributed by atoms with E-state index in [-0.39, 0.29) is 22.7 Å². The van der Waals surface area contributed by atoms with E-state index in [1.54, 1.807) is 0 Å². The summed E-state index contributed by atoms with van der Waals surface area (Å²) in [7, 11) is 0. The van der Waals surface area contributed by atoms with Crippen molar-refractivity contribution in [2.45, 2.75) is 59.8 Å². The Labute approximate surface area is 117 Å². The first-order valence-corrected chi connectivity index (χ1v) is 7.78. The van der Waals surface area contributed by atoms with Gasteiger partial charge in [-0.05, 0) is 31.1 Å². The summed E-state index contributed by atoms with van der Waals surface area (Å²) >= 11 is 6.07. The fraction of sp³-hybridized carbons (Fsp3) is 0.933. The predicted molar refractivity (Wildman–Crippen MR) is 77.9 cm³/mol. The van der Waals surface area contributed by atoms with Gasteiger partial charge in [0.2, 0.25) is 5.91 Å². The van der Waals surface area contributed by atoms with Crippen LogP contribution < -0.4 is 5.32 Å². The average Bonchev–Trinajstić information content (AvgIpc) is 2.71. The van der Waals surface area contributed by atoms with Crippen LogP contribution in [0.4, 0.5) is 0 Å². The molecule has 0 aromatic heterocycles. The maximum Gasteiger partial charge on any atom is 0.223 e. The Morgan fingerprint density at radius 2 is 2.00 bits per heavy atom. The molecule has 106 valence electrons. The third kappa shape index (κ3) is 3.40. The van der Waals surface area contributed by atoms with Crippen molar-refractivity contribution in [3.05, 3.63) is 0 Å². The second kappa shape index (κ2) is 6.27. The van der Waals surface area contributed by atoms with Gasteiger partial charge in [-0.3, -0.25) is 4.79 Å². The Bertz CT molecular complexity index is 276. The van der Waals surface area contributed by atoms with E-state index in [9.17, 15) is 4.79 Å². The standard InChI is InChI=1S/C15H28ClNO/c1-5-15(6-2,10-16)11-17-13(18)12-8-7-9-14(12,3)4/h12H,5-11H2,1-4H3,(H,17,18). The summed E-state index contributed by atoms with van der Waals surface area (Å²) in [6.45, 7) is 9.43. The summed E-state index contributed by atoms with van der Waals surface area (Å²) in [6.07, 6.45) is 5.40. The molecule has 1 aliphatic carbocycles. The minimum Gasteiger partial charge on any atom is -0.355 e. The van der Waals surface area contributed by atoms with Crippen molar-refractivity contribution in [2.24, 2.45) is 16.7 Å². The van der Waals surface area contributed by atoms with Gasteiger partial charge in [0, 0.05) is 23.8 Å². The van der Waals surface area contributed by atoms with Crippen LogP contribution in [0.3, 0.4) is 0 Å². The van der Waals surface area contributed by atoms with Crippen molar-refractivity contribution in [1.29, 1.82) is 0 Å². The highest BCUT2D eigenvalue weighted by Crippen LogP contribution is 2.42. The van der Waals surface area contributed by atoms with Crippen molar-refractivity contribution in [2.75, 3.05) is 12.4 Å². The second-order valence-electron chi connectivity index (χ2n) is 6.49. The van der Waals surface area contributed by atoms with Gasteiger partial charge in [-0.25, -0.2) is 0 Å². The monoisotopic (exact) mass is 273 g/mol. The number of carbonyl (C=O) groups excluding carboxylic acids is 1. The normalized spacial score (nSPS) is 23.1. The average molecular weight is 274 g/mol. The first kappa shape index (κ1) is 15.8. The number of hydrogen-bond acceptors (Lipinski definition) is 1. The number of alkyl halides is 1. The van der Waals surface area contributed by atoms with Crippen LogP contribution in [0.2, 0.25) is 0 Å². The van der Waals surface area contributed by atoms with Crippen LogP contribution >= 0.6 is 11.6 Å². The SMILES string of the molecule is CCC(CC)(CCl)CNC(=O)C1CCCC1(C)C. The van der Waals surface area contributed by atoms with Crippen molar-refractivity contribution in [3.63, 3.8) is 0 Å². The molecule has 0 aliphatic heterocycles. The topological polar surface area (TPSA) is 29.1 Å². The molecule has 0 heterocycles. The van der Waals surface area contributed by atoms with Crippen LogP contribution in [0, 0.1) is 16.7 Å². The molecule has 0 aromatic rings. The van der Waals surface area contributed by atoms with Gasteiger partial charge >= 0.3 is 0 Å². The molecule has 1 aliphatic rings. The van der Waals surface area contributed by atoms with Gasteiger partial charge in [0.25, 0.3) is 0 Å². The third-order valence-electron chi connectivity index (χ3n) is 4.99. The number of halogens is 1. The molecule has 3 heteroatoms.